The second-order valence-electron chi connectivity index (χ2n) is 3.63. The molecule has 16 heavy (non-hydrogen) atoms. The summed E-state index contributed by atoms with van der Waals surface area (Å²) in [4.78, 5) is 8.14. The molecule has 1 unspecified atom stereocenters. The lowest BCUT2D eigenvalue weighted by molar-refractivity contribution is 0.172. The quantitative estimate of drug-likeness (QED) is 0.797. The summed E-state index contributed by atoms with van der Waals surface area (Å²) >= 11 is 0. The first kappa shape index (κ1) is 10.7. The molecule has 0 saturated carbocycles. The molecular weight excluding hydrogens is 206 g/mol. The highest BCUT2D eigenvalue weighted by atomic mass is 16.3. The minimum atomic E-state index is -0.668. The van der Waals surface area contributed by atoms with Crippen LogP contribution in [0.15, 0.2) is 18.5 Å². The number of hydrogen-bond acceptors (Lipinski definition) is 5. The maximum atomic E-state index is 9.94. The van der Waals surface area contributed by atoms with Crippen LogP contribution in [-0.4, -0.2) is 30.1 Å². The van der Waals surface area contributed by atoms with Gasteiger partial charge in [0, 0.05) is 25.9 Å². The maximum Gasteiger partial charge on any atom is 0.125 e. The monoisotopic (exact) mass is 219 g/mol. The van der Waals surface area contributed by atoms with Gasteiger partial charge in [0.05, 0.1) is 11.4 Å². The molecule has 84 valence electrons. The first-order valence-corrected chi connectivity index (χ1v) is 4.98. The molecule has 0 aliphatic carbocycles. The number of rotatable bonds is 3. The van der Waals surface area contributed by atoms with E-state index in [0.717, 1.165) is 5.69 Å². The third kappa shape index (κ3) is 2.40. The zero-order valence-electron chi connectivity index (χ0n) is 9.20. The van der Waals surface area contributed by atoms with Crippen LogP contribution in [0.3, 0.4) is 0 Å². The molecule has 6 nitrogen and oxygen atoms in total. The Morgan fingerprint density at radius 3 is 2.94 bits per heavy atom. The fourth-order valence-electron chi connectivity index (χ4n) is 1.45. The predicted molar refractivity (Wildman–Crippen MR) is 56.4 cm³/mol. The van der Waals surface area contributed by atoms with Crippen LogP contribution in [0.5, 0.6) is 0 Å². The van der Waals surface area contributed by atoms with E-state index in [9.17, 15) is 5.11 Å². The predicted octanol–water partition coefficient (Wildman–Crippen LogP) is 0.190. The van der Waals surface area contributed by atoms with Crippen molar-refractivity contribution < 1.29 is 5.11 Å². The van der Waals surface area contributed by atoms with Gasteiger partial charge in [0.2, 0.25) is 0 Å². The molecule has 0 aliphatic rings. The van der Waals surface area contributed by atoms with Gasteiger partial charge >= 0.3 is 0 Å². The number of nitrogens with zero attached hydrogens (tertiary/aromatic N) is 5. The van der Waals surface area contributed by atoms with Crippen molar-refractivity contribution in [2.75, 3.05) is 0 Å². The summed E-state index contributed by atoms with van der Waals surface area (Å²) in [5, 5.41) is 17.7. The van der Waals surface area contributed by atoms with Crippen LogP contribution in [0.25, 0.3) is 0 Å². The molecule has 2 aromatic heterocycles. The van der Waals surface area contributed by atoms with E-state index in [2.05, 4.69) is 20.3 Å². The van der Waals surface area contributed by atoms with Crippen LogP contribution < -0.4 is 0 Å². The lowest BCUT2D eigenvalue weighted by atomic mass is 10.1. The summed E-state index contributed by atoms with van der Waals surface area (Å²) in [6, 6.07) is 1.70. The standard InChI is InChI=1S/C10H13N5O/c1-7-11-4-3-9(12-7)10(16)5-8-6-15(2)14-13-8/h3-4,6,10,16H,5H2,1-2H3. The second kappa shape index (κ2) is 4.36. The van der Waals surface area contributed by atoms with Gasteiger partial charge in [-0.15, -0.1) is 5.10 Å². The Morgan fingerprint density at radius 1 is 1.50 bits per heavy atom. The van der Waals surface area contributed by atoms with Crippen molar-refractivity contribution in [1.82, 2.24) is 25.0 Å². The Bertz CT molecular complexity index is 482. The second-order valence-corrected chi connectivity index (χ2v) is 3.63. The molecule has 0 spiro atoms. The minimum absolute atomic E-state index is 0.407. The molecule has 0 saturated heterocycles. The zero-order valence-corrected chi connectivity index (χ0v) is 9.20. The highest BCUT2D eigenvalue weighted by molar-refractivity contribution is 5.08. The zero-order chi connectivity index (χ0) is 11.5. The van der Waals surface area contributed by atoms with E-state index in [0.29, 0.717) is 17.9 Å². The summed E-state index contributed by atoms with van der Waals surface area (Å²) in [6.07, 6.45) is 3.15. The van der Waals surface area contributed by atoms with E-state index in [1.807, 2.05) is 0 Å². The largest absolute Gasteiger partial charge is 0.386 e. The number of aryl methyl sites for hydroxylation is 2. The van der Waals surface area contributed by atoms with Crippen molar-refractivity contribution in [3.05, 3.63) is 35.7 Å². The SMILES string of the molecule is Cc1nccc(C(O)Cc2cn(C)nn2)n1. The Balaban J connectivity index is 2.11. The molecule has 0 fully saturated rings. The normalized spacial score (nSPS) is 12.7. The molecule has 1 atom stereocenters. The Hall–Kier alpha value is -1.82. The molecule has 2 rings (SSSR count). The van der Waals surface area contributed by atoms with Gasteiger partial charge in [-0.1, -0.05) is 5.21 Å². The maximum absolute atomic E-state index is 9.94. The van der Waals surface area contributed by atoms with E-state index < -0.39 is 6.10 Å². The Labute approximate surface area is 93.0 Å². The van der Waals surface area contributed by atoms with Gasteiger partial charge in [0.1, 0.15) is 11.9 Å². The Morgan fingerprint density at radius 2 is 2.31 bits per heavy atom. The number of hydrogen-bond donors (Lipinski definition) is 1. The number of aliphatic hydroxyl groups is 1. The van der Waals surface area contributed by atoms with Crippen LogP contribution in [0, 0.1) is 6.92 Å². The third-order valence-electron chi connectivity index (χ3n) is 2.19. The molecule has 2 aromatic rings. The summed E-state index contributed by atoms with van der Waals surface area (Å²) in [5.74, 6) is 0.649. The van der Waals surface area contributed by atoms with Gasteiger partial charge < -0.3 is 5.11 Å². The van der Waals surface area contributed by atoms with Crippen molar-refractivity contribution >= 4 is 0 Å². The van der Waals surface area contributed by atoms with Crippen molar-refractivity contribution in [3.8, 4) is 0 Å². The van der Waals surface area contributed by atoms with Gasteiger partial charge in [-0.2, -0.15) is 0 Å². The number of aliphatic hydroxyl groups excluding tert-OH is 1. The van der Waals surface area contributed by atoms with Gasteiger partial charge in [0.25, 0.3) is 0 Å². The third-order valence-corrected chi connectivity index (χ3v) is 2.19. The lowest BCUT2D eigenvalue weighted by Crippen LogP contribution is -2.06. The van der Waals surface area contributed by atoms with Gasteiger partial charge in [-0.25, -0.2) is 9.97 Å². The van der Waals surface area contributed by atoms with Crippen molar-refractivity contribution in [2.24, 2.45) is 7.05 Å². The molecular formula is C10H13N5O. The Kier molecular flexibility index (Phi) is 2.91. The van der Waals surface area contributed by atoms with Crippen molar-refractivity contribution in [3.63, 3.8) is 0 Å². The van der Waals surface area contributed by atoms with Gasteiger partial charge in [0.15, 0.2) is 0 Å². The van der Waals surface area contributed by atoms with Crippen LogP contribution >= 0.6 is 0 Å². The van der Waals surface area contributed by atoms with E-state index in [1.165, 1.54) is 0 Å². The molecule has 0 amide bonds. The molecule has 2 heterocycles. The molecule has 0 aliphatic heterocycles. The smallest absolute Gasteiger partial charge is 0.125 e. The highest BCUT2D eigenvalue weighted by Gasteiger charge is 2.12. The summed E-state index contributed by atoms with van der Waals surface area (Å²) in [7, 11) is 1.79. The van der Waals surface area contributed by atoms with E-state index in [4.69, 9.17) is 0 Å². The lowest BCUT2D eigenvalue weighted by Gasteiger charge is -2.07. The van der Waals surface area contributed by atoms with Gasteiger partial charge in [-0.05, 0) is 13.0 Å². The van der Waals surface area contributed by atoms with Crippen LogP contribution in [0.4, 0.5) is 0 Å². The van der Waals surface area contributed by atoms with E-state index in [1.54, 1.807) is 37.1 Å². The summed E-state index contributed by atoms with van der Waals surface area (Å²) < 4.78 is 1.60. The number of aromatic nitrogens is 5. The molecule has 1 N–H and O–H groups in total. The van der Waals surface area contributed by atoms with Crippen molar-refractivity contribution in [1.29, 1.82) is 0 Å². The average molecular weight is 219 g/mol. The summed E-state index contributed by atoms with van der Waals surface area (Å²) in [6.45, 7) is 1.79. The van der Waals surface area contributed by atoms with E-state index in [-0.39, 0.29) is 0 Å². The van der Waals surface area contributed by atoms with Crippen LogP contribution in [0.2, 0.25) is 0 Å². The molecule has 0 aromatic carbocycles. The topological polar surface area (TPSA) is 76.7 Å². The average Bonchev–Trinajstić information content (AvgIpc) is 2.64. The van der Waals surface area contributed by atoms with Crippen LogP contribution in [-0.2, 0) is 13.5 Å². The van der Waals surface area contributed by atoms with E-state index >= 15 is 0 Å². The van der Waals surface area contributed by atoms with Crippen LogP contribution in [0.1, 0.15) is 23.3 Å². The fraction of sp³-hybridized carbons (Fsp3) is 0.400. The van der Waals surface area contributed by atoms with Crippen molar-refractivity contribution in [2.45, 2.75) is 19.4 Å². The first-order valence-electron chi connectivity index (χ1n) is 4.98. The molecule has 0 bridgehead atoms. The van der Waals surface area contributed by atoms with Gasteiger partial charge in [-0.3, -0.25) is 4.68 Å². The summed E-state index contributed by atoms with van der Waals surface area (Å²) in [5.41, 5.74) is 1.35. The first-order chi connectivity index (χ1) is 7.65. The molecule has 6 heteroatoms. The molecule has 0 radical (unpaired) electrons. The minimum Gasteiger partial charge on any atom is -0.386 e. The fourth-order valence-corrected chi connectivity index (χ4v) is 1.45. The highest BCUT2D eigenvalue weighted by Crippen LogP contribution is 2.14.